The van der Waals surface area contributed by atoms with Crippen molar-refractivity contribution in [3.05, 3.63) is 69.5 Å². The summed E-state index contributed by atoms with van der Waals surface area (Å²) in [6.45, 7) is 2.17. The minimum atomic E-state index is -4.51. The molecule has 0 radical (unpaired) electrons. The lowest BCUT2D eigenvalue weighted by atomic mass is 10.0. The summed E-state index contributed by atoms with van der Waals surface area (Å²) >= 11 is 5.93. The van der Waals surface area contributed by atoms with Crippen LogP contribution in [0.15, 0.2) is 47.5 Å². The van der Waals surface area contributed by atoms with Gasteiger partial charge in [-0.1, -0.05) is 28.6 Å². The number of rotatable bonds is 1. The highest BCUT2D eigenvalue weighted by atomic mass is 35.5. The second-order valence-corrected chi connectivity index (χ2v) is 6.68. The van der Waals surface area contributed by atoms with Gasteiger partial charge in [0.2, 0.25) is 0 Å². The summed E-state index contributed by atoms with van der Waals surface area (Å²) in [5.41, 5.74) is 0.965. The van der Waals surface area contributed by atoms with E-state index in [0.717, 1.165) is 17.7 Å². The van der Waals surface area contributed by atoms with E-state index in [1.54, 1.807) is 24.3 Å². The highest BCUT2D eigenvalue weighted by molar-refractivity contribution is 6.30. The molecule has 4 nitrogen and oxygen atoms in total. The Bertz CT molecular complexity index is 1040. The third-order valence-electron chi connectivity index (χ3n) is 4.48. The lowest BCUT2D eigenvalue weighted by Gasteiger charge is -2.20. The maximum absolute atomic E-state index is 13.0. The fourth-order valence-electron chi connectivity index (χ4n) is 3.24. The number of halogens is 4. The van der Waals surface area contributed by atoms with Gasteiger partial charge in [-0.2, -0.15) is 13.2 Å². The number of fused-ring (bicyclic) bond motifs is 3. The smallest absolute Gasteiger partial charge is 0.416 e. The van der Waals surface area contributed by atoms with Crippen molar-refractivity contribution < 1.29 is 18.0 Å². The first-order valence-electron chi connectivity index (χ1n) is 7.93. The lowest BCUT2D eigenvalue weighted by molar-refractivity contribution is -0.673. The van der Waals surface area contributed by atoms with Crippen molar-refractivity contribution >= 4 is 28.2 Å². The summed E-state index contributed by atoms with van der Waals surface area (Å²) in [5.74, 6) is 0. The number of hydrogen-bond acceptors (Lipinski definition) is 2. The Kier molecular flexibility index (Phi) is 3.73. The molecule has 2 aromatic carbocycles. The van der Waals surface area contributed by atoms with Gasteiger partial charge in [0.1, 0.15) is 11.7 Å². The number of hydrogen-bond donors (Lipinski definition) is 0. The Balaban J connectivity index is 1.98. The maximum Gasteiger partial charge on any atom is 0.416 e. The molecule has 134 valence electrons. The molecule has 0 bridgehead atoms. The van der Waals surface area contributed by atoms with Crippen LogP contribution >= 0.6 is 11.6 Å². The Morgan fingerprint density at radius 2 is 1.88 bits per heavy atom. The van der Waals surface area contributed by atoms with Crippen molar-refractivity contribution in [1.29, 1.82) is 0 Å². The highest BCUT2D eigenvalue weighted by Crippen LogP contribution is 2.33. The summed E-state index contributed by atoms with van der Waals surface area (Å²) in [5, 5.41) is 13.7. The van der Waals surface area contributed by atoms with Crippen LogP contribution in [0.1, 0.15) is 29.8 Å². The van der Waals surface area contributed by atoms with Gasteiger partial charge in [0.05, 0.1) is 23.2 Å². The van der Waals surface area contributed by atoms with E-state index in [0.29, 0.717) is 33.2 Å². The molecule has 0 spiro atoms. The molecule has 2 heterocycles. The molecule has 1 aliphatic rings. The second kappa shape index (κ2) is 5.74. The number of benzene rings is 2. The van der Waals surface area contributed by atoms with Crippen LogP contribution in [0, 0.1) is 5.21 Å². The van der Waals surface area contributed by atoms with E-state index in [9.17, 15) is 18.4 Å². The van der Waals surface area contributed by atoms with E-state index in [1.807, 2.05) is 6.92 Å². The van der Waals surface area contributed by atoms with Crippen LogP contribution in [0.3, 0.4) is 0 Å². The molecule has 1 aromatic heterocycles. The van der Waals surface area contributed by atoms with Crippen molar-refractivity contribution in [1.82, 2.24) is 4.68 Å². The van der Waals surface area contributed by atoms with Crippen LogP contribution in [-0.4, -0.2) is 16.9 Å². The van der Waals surface area contributed by atoms with E-state index in [4.69, 9.17) is 11.6 Å². The molecule has 1 atom stereocenters. The largest absolute Gasteiger partial charge is 0.595 e. The van der Waals surface area contributed by atoms with E-state index in [2.05, 4.69) is 4.99 Å². The van der Waals surface area contributed by atoms with Crippen LogP contribution in [0.25, 0.3) is 10.9 Å². The lowest BCUT2D eigenvalue weighted by Crippen LogP contribution is -2.43. The Hall–Kier alpha value is -2.54. The quantitative estimate of drug-likeness (QED) is 0.457. The Morgan fingerprint density at radius 1 is 1.19 bits per heavy atom. The standard InChI is InChI=1S/C18H13ClF3N3O/c1-10-9-23-16(11-2-5-13(19)6-3-11)17-14-7-4-12(18(20,21)22)8-15(14)25(26)24(10)17/h2-8,10H,9H2,1H3. The van der Waals surface area contributed by atoms with E-state index in [-0.39, 0.29) is 11.6 Å². The average Bonchev–Trinajstić information content (AvgIpc) is 2.89. The number of alkyl halides is 3. The van der Waals surface area contributed by atoms with Crippen molar-refractivity contribution in [2.24, 2.45) is 4.99 Å². The molecule has 0 fully saturated rings. The molecular formula is C18H13ClF3N3O. The first kappa shape index (κ1) is 16.9. The average molecular weight is 380 g/mol. The van der Waals surface area contributed by atoms with Crippen LogP contribution in [0.4, 0.5) is 13.2 Å². The topological polar surface area (TPSA) is 44.2 Å². The molecule has 0 amide bonds. The molecule has 0 N–H and O–H groups in total. The molecule has 0 saturated heterocycles. The van der Waals surface area contributed by atoms with Gasteiger partial charge >= 0.3 is 6.18 Å². The first-order chi connectivity index (χ1) is 12.3. The van der Waals surface area contributed by atoms with Crippen molar-refractivity contribution in [2.45, 2.75) is 19.1 Å². The molecule has 26 heavy (non-hydrogen) atoms. The van der Waals surface area contributed by atoms with Crippen molar-refractivity contribution in [3.63, 3.8) is 0 Å². The molecule has 0 aliphatic carbocycles. The molecule has 8 heteroatoms. The SMILES string of the molecule is CC1CN=C(c2ccc(Cl)cc2)c2c3ccc(C(F)(F)F)cc3[n+]([O-])n21. The fourth-order valence-corrected chi connectivity index (χ4v) is 3.37. The van der Waals surface area contributed by atoms with Gasteiger partial charge in [-0.05, 0) is 31.2 Å². The number of aromatic nitrogens is 2. The number of aliphatic imine (C=N–C) groups is 1. The third-order valence-corrected chi connectivity index (χ3v) is 4.74. The Labute approximate surface area is 151 Å². The van der Waals surface area contributed by atoms with E-state index in [1.165, 1.54) is 10.7 Å². The zero-order valence-corrected chi connectivity index (χ0v) is 14.3. The molecule has 1 aliphatic heterocycles. The highest BCUT2D eigenvalue weighted by Gasteiger charge is 2.35. The third kappa shape index (κ3) is 2.54. The minimum Gasteiger partial charge on any atom is -0.595 e. The van der Waals surface area contributed by atoms with Gasteiger partial charge < -0.3 is 5.21 Å². The van der Waals surface area contributed by atoms with Crippen molar-refractivity contribution in [2.75, 3.05) is 6.54 Å². The van der Waals surface area contributed by atoms with Crippen LogP contribution in [-0.2, 0) is 6.18 Å². The van der Waals surface area contributed by atoms with Crippen molar-refractivity contribution in [3.8, 4) is 0 Å². The summed E-state index contributed by atoms with van der Waals surface area (Å²) in [6.07, 6.45) is -4.51. The summed E-state index contributed by atoms with van der Waals surface area (Å²) in [4.78, 5) is 5.10. The van der Waals surface area contributed by atoms with Crippen LogP contribution in [0.2, 0.25) is 5.02 Å². The Morgan fingerprint density at radius 3 is 2.54 bits per heavy atom. The summed E-state index contributed by atoms with van der Waals surface area (Å²) in [6, 6.07) is 9.92. The van der Waals surface area contributed by atoms with Gasteiger partial charge in [-0.3, -0.25) is 4.99 Å². The zero-order valence-electron chi connectivity index (χ0n) is 13.6. The molecule has 3 aromatic rings. The van der Waals surface area contributed by atoms with Gasteiger partial charge in [0, 0.05) is 16.7 Å². The van der Waals surface area contributed by atoms with Gasteiger partial charge in [0.15, 0.2) is 0 Å². The van der Waals surface area contributed by atoms with Gasteiger partial charge in [0.25, 0.3) is 5.52 Å². The normalized spacial score (nSPS) is 17.3. The summed E-state index contributed by atoms with van der Waals surface area (Å²) < 4.78 is 40.6. The monoisotopic (exact) mass is 379 g/mol. The molecule has 1 unspecified atom stereocenters. The minimum absolute atomic E-state index is 0.0229. The fraction of sp³-hybridized carbons (Fsp3) is 0.222. The van der Waals surface area contributed by atoms with E-state index < -0.39 is 11.7 Å². The molecular weight excluding hydrogens is 367 g/mol. The molecule has 4 rings (SSSR count). The van der Waals surface area contributed by atoms with Crippen LogP contribution in [0.5, 0.6) is 0 Å². The van der Waals surface area contributed by atoms with Gasteiger partial charge in [-0.15, -0.1) is 4.68 Å². The maximum atomic E-state index is 13.0. The second-order valence-electron chi connectivity index (χ2n) is 6.24. The predicted molar refractivity (Wildman–Crippen MR) is 92.6 cm³/mol. The first-order valence-corrected chi connectivity index (χ1v) is 8.31. The van der Waals surface area contributed by atoms with Gasteiger partial charge in [-0.25, -0.2) is 0 Å². The predicted octanol–water partition coefficient (Wildman–Crippen LogP) is 4.36. The van der Waals surface area contributed by atoms with Crippen LogP contribution < -0.4 is 4.85 Å². The summed E-state index contributed by atoms with van der Waals surface area (Å²) in [7, 11) is 0. The zero-order chi connectivity index (χ0) is 18.6. The number of nitrogens with zero attached hydrogens (tertiary/aromatic N) is 3. The molecule has 0 saturated carbocycles. The van der Waals surface area contributed by atoms with E-state index >= 15 is 0 Å².